The van der Waals surface area contributed by atoms with E-state index < -0.39 is 0 Å². The second-order valence-electron chi connectivity index (χ2n) is 8.99. The molecule has 0 aliphatic carbocycles. The standard InChI is InChI=1S/C29H24N4/c1-29(2,23-11-7-13-25(17-23)32-19-21-9-3-5-15-27(21)30-32)24-12-8-14-26(18-24)33-20-22-10-4-6-16-28(22)31-33/h3-20H,1-2H3. The van der Waals surface area contributed by atoms with Crippen molar-refractivity contribution in [1.82, 2.24) is 19.6 Å². The van der Waals surface area contributed by atoms with Crippen molar-refractivity contribution < 1.29 is 0 Å². The van der Waals surface area contributed by atoms with Gasteiger partial charge in [-0.1, -0.05) is 74.5 Å². The van der Waals surface area contributed by atoms with Crippen LogP contribution in [-0.4, -0.2) is 19.6 Å². The maximum atomic E-state index is 4.76. The minimum Gasteiger partial charge on any atom is -0.240 e. The lowest BCUT2D eigenvalue weighted by molar-refractivity contribution is 0.638. The lowest BCUT2D eigenvalue weighted by Crippen LogP contribution is -2.19. The molecule has 0 fully saturated rings. The van der Waals surface area contributed by atoms with Crippen molar-refractivity contribution in [3.63, 3.8) is 0 Å². The van der Waals surface area contributed by atoms with Crippen molar-refractivity contribution in [1.29, 1.82) is 0 Å². The van der Waals surface area contributed by atoms with Gasteiger partial charge in [-0.15, -0.1) is 0 Å². The Labute approximate surface area is 192 Å². The SMILES string of the molecule is CC(C)(c1cccc(-n2cc3ccccc3n2)c1)c1cccc(-n2cc3ccccc3n2)c1. The van der Waals surface area contributed by atoms with Gasteiger partial charge in [0.2, 0.25) is 0 Å². The van der Waals surface area contributed by atoms with E-state index in [0.29, 0.717) is 0 Å². The summed E-state index contributed by atoms with van der Waals surface area (Å²) in [6.07, 6.45) is 4.18. The smallest absolute Gasteiger partial charge is 0.0927 e. The van der Waals surface area contributed by atoms with Gasteiger partial charge in [0, 0.05) is 28.6 Å². The van der Waals surface area contributed by atoms with Crippen molar-refractivity contribution >= 4 is 21.8 Å². The first-order chi connectivity index (χ1) is 16.1. The quantitative estimate of drug-likeness (QED) is 0.314. The first-order valence-corrected chi connectivity index (χ1v) is 11.2. The fourth-order valence-corrected chi connectivity index (χ4v) is 4.43. The normalized spacial score (nSPS) is 11.9. The number of nitrogens with zero attached hydrogens (tertiary/aromatic N) is 4. The predicted molar refractivity (Wildman–Crippen MR) is 134 cm³/mol. The van der Waals surface area contributed by atoms with Gasteiger partial charge in [-0.25, -0.2) is 9.36 Å². The Morgan fingerprint density at radius 3 is 1.45 bits per heavy atom. The highest BCUT2D eigenvalue weighted by atomic mass is 15.3. The van der Waals surface area contributed by atoms with E-state index >= 15 is 0 Å². The van der Waals surface area contributed by atoms with Gasteiger partial charge >= 0.3 is 0 Å². The van der Waals surface area contributed by atoms with Crippen molar-refractivity contribution in [3.8, 4) is 11.4 Å². The van der Waals surface area contributed by atoms with E-state index in [-0.39, 0.29) is 5.41 Å². The average molecular weight is 429 g/mol. The van der Waals surface area contributed by atoms with Crippen LogP contribution in [0.15, 0.2) is 109 Å². The molecule has 6 rings (SSSR count). The van der Waals surface area contributed by atoms with Crippen LogP contribution in [0.25, 0.3) is 33.2 Å². The third kappa shape index (κ3) is 3.40. The molecule has 0 atom stereocenters. The van der Waals surface area contributed by atoms with Crippen LogP contribution in [0.4, 0.5) is 0 Å². The van der Waals surface area contributed by atoms with Crippen LogP contribution >= 0.6 is 0 Å². The summed E-state index contributed by atoms with van der Waals surface area (Å²) in [7, 11) is 0. The number of rotatable bonds is 4. The largest absolute Gasteiger partial charge is 0.240 e. The molecule has 2 heterocycles. The number of hydrogen-bond acceptors (Lipinski definition) is 2. The summed E-state index contributed by atoms with van der Waals surface area (Å²) >= 11 is 0. The van der Waals surface area contributed by atoms with Crippen LogP contribution < -0.4 is 0 Å². The second kappa shape index (κ2) is 7.45. The first-order valence-electron chi connectivity index (χ1n) is 11.2. The molecular weight excluding hydrogens is 404 g/mol. The Morgan fingerprint density at radius 2 is 1.00 bits per heavy atom. The predicted octanol–water partition coefficient (Wildman–Crippen LogP) is 6.69. The number of fused-ring (bicyclic) bond motifs is 2. The van der Waals surface area contributed by atoms with Crippen LogP contribution in [-0.2, 0) is 5.41 Å². The van der Waals surface area contributed by atoms with Crippen LogP contribution in [0, 0.1) is 0 Å². The number of aromatic nitrogens is 4. The summed E-state index contributed by atoms with van der Waals surface area (Å²) < 4.78 is 3.94. The van der Waals surface area contributed by atoms with Crippen molar-refractivity contribution in [2.45, 2.75) is 19.3 Å². The van der Waals surface area contributed by atoms with Crippen molar-refractivity contribution in [3.05, 3.63) is 121 Å². The zero-order valence-electron chi connectivity index (χ0n) is 18.7. The molecule has 160 valence electrons. The second-order valence-corrected chi connectivity index (χ2v) is 8.99. The molecule has 6 aromatic rings. The first kappa shape index (κ1) is 19.5. The van der Waals surface area contributed by atoms with Crippen molar-refractivity contribution in [2.75, 3.05) is 0 Å². The van der Waals surface area contributed by atoms with Crippen molar-refractivity contribution in [2.24, 2.45) is 0 Å². The fraction of sp³-hybridized carbons (Fsp3) is 0.103. The average Bonchev–Trinajstić information content (AvgIpc) is 3.49. The Morgan fingerprint density at radius 1 is 0.545 bits per heavy atom. The van der Waals surface area contributed by atoms with E-state index in [2.05, 4.69) is 86.9 Å². The molecule has 0 spiro atoms. The van der Waals surface area contributed by atoms with E-state index in [0.717, 1.165) is 33.2 Å². The summed E-state index contributed by atoms with van der Waals surface area (Å²) in [4.78, 5) is 0. The van der Waals surface area contributed by atoms with Crippen LogP contribution in [0.3, 0.4) is 0 Å². The summed E-state index contributed by atoms with van der Waals surface area (Å²) in [6.45, 7) is 4.54. The van der Waals surface area contributed by atoms with Gasteiger partial charge < -0.3 is 0 Å². The molecule has 0 bridgehead atoms. The van der Waals surface area contributed by atoms with E-state index in [1.54, 1.807) is 0 Å². The molecule has 0 amide bonds. The van der Waals surface area contributed by atoms with E-state index in [4.69, 9.17) is 10.2 Å². The minimum atomic E-state index is -0.189. The van der Waals surface area contributed by atoms with Gasteiger partial charge in [-0.05, 0) is 47.5 Å². The summed E-state index contributed by atoms with van der Waals surface area (Å²) in [5.74, 6) is 0. The number of benzene rings is 4. The molecular formula is C29H24N4. The zero-order valence-corrected chi connectivity index (χ0v) is 18.7. The van der Waals surface area contributed by atoms with Gasteiger partial charge in [0.15, 0.2) is 0 Å². The molecule has 33 heavy (non-hydrogen) atoms. The fourth-order valence-electron chi connectivity index (χ4n) is 4.43. The molecule has 0 saturated carbocycles. The molecule has 0 aliphatic rings. The molecule has 4 aromatic carbocycles. The van der Waals surface area contributed by atoms with Gasteiger partial charge in [0.1, 0.15) is 0 Å². The Kier molecular flexibility index (Phi) is 4.40. The van der Waals surface area contributed by atoms with Crippen LogP contribution in [0.2, 0.25) is 0 Å². The van der Waals surface area contributed by atoms with Crippen LogP contribution in [0.1, 0.15) is 25.0 Å². The summed E-state index contributed by atoms with van der Waals surface area (Å²) in [5.41, 5.74) is 6.41. The lowest BCUT2D eigenvalue weighted by Gasteiger charge is -2.27. The third-order valence-electron chi connectivity index (χ3n) is 6.49. The molecule has 0 saturated heterocycles. The van der Waals surface area contributed by atoms with Gasteiger partial charge in [0.05, 0.1) is 22.4 Å². The van der Waals surface area contributed by atoms with E-state index in [1.165, 1.54) is 11.1 Å². The Hall–Kier alpha value is -4.18. The van der Waals surface area contributed by atoms with Crippen LogP contribution in [0.5, 0.6) is 0 Å². The summed E-state index contributed by atoms with van der Waals surface area (Å²) in [6, 6.07) is 33.7. The molecule has 4 nitrogen and oxygen atoms in total. The highest BCUT2D eigenvalue weighted by Gasteiger charge is 2.24. The topological polar surface area (TPSA) is 35.6 Å². The maximum absolute atomic E-state index is 4.76. The molecule has 2 aromatic heterocycles. The Bertz CT molecular complexity index is 1420. The zero-order chi connectivity index (χ0) is 22.4. The molecule has 4 heteroatoms. The Balaban J connectivity index is 1.39. The summed E-state index contributed by atoms with van der Waals surface area (Å²) in [5, 5.41) is 11.8. The lowest BCUT2D eigenvalue weighted by atomic mass is 9.78. The highest BCUT2D eigenvalue weighted by molar-refractivity contribution is 5.79. The molecule has 0 aliphatic heterocycles. The minimum absolute atomic E-state index is 0.189. The monoisotopic (exact) mass is 428 g/mol. The van der Waals surface area contributed by atoms with Gasteiger partial charge in [-0.3, -0.25) is 0 Å². The van der Waals surface area contributed by atoms with E-state index in [1.807, 2.05) is 45.8 Å². The third-order valence-corrected chi connectivity index (χ3v) is 6.49. The van der Waals surface area contributed by atoms with E-state index in [9.17, 15) is 0 Å². The molecule has 0 N–H and O–H groups in total. The molecule has 0 unspecified atom stereocenters. The maximum Gasteiger partial charge on any atom is 0.0927 e. The van der Waals surface area contributed by atoms with Gasteiger partial charge in [0.25, 0.3) is 0 Å². The molecule has 0 radical (unpaired) electrons. The number of hydrogen-bond donors (Lipinski definition) is 0. The highest BCUT2D eigenvalue weighted by Crippen LogP contribution is 2.33. The van der Waals surface area contributed by atoms with Gasteiger partial charge in [-0.2, -0.15) is 10.2 Å².